The van der Waals surface area contributed by atoms with Gasteiger partial charge in [-0.3, -0.25) is 0 Å². The van der Waals surface area contributed by atoms with E-state index in [1.807, 2.05) is 59.9 Å². The molecule has 0 unspecified atom stereocenters. The third kappa shape index (κ3) is 6.61. The maximum atomic E-state index is 6.63. The van der Waals surface area contributed by atoms with Gasteiger partial charge in [-0.05, 0) is 82.9 Å². The molecule has 0 saturated heterocycles. The standard InChI is InChI=1S/C57H36N4OS/c1-4-14-37(15-5-1)38-26-28-41(29-27-38)56-58-55(40-16-6-2-7-17-40)59-57(60-56)47-21-12-23-49-53(47)45-35-32-42(36-50(45)62-49)39-30-33-44(34-31-39)61(43-18-8-3-9-19-43)48-22-13-25-52-54(48)46-20-10-11-24-51(46)63-52/h1-36H. The molecule has 12 rings (SSSR count). The van der Waals surface area contributed by atoms with Crippen LogP contribution in [0.4, 0.5) is 17.1 Å². The van der Waals surface area contributed by atoms with E-state index >= 15 is 0 Å². The number of benzene rings is 9. The first kappa shape index (κ1) is 36.6. The van der Waals surface area contributed by atoms with Gasteiger partial charge in [-0.1, -0.05) is 158 Å². The summed E-state index contributed by atoms with van der Waals surface area (Å²) in [6, 6.07) is 76.3. The number of para-hydroxylation sites is 1. The van der Waals surface area contributed by atoms with Gasteiger partial charge in [-0.25, -0.2) is 15.0 Å². The van der Waals surface area contributed by atoms with Gasteiger partial charge < -0.3 is 9.32 Å². The summed E-state index contributed by atoms with van der Waals surface area (Å²) in [4.78, 5) is 17.6. The van der Waals surface area contributed by atoms with E-state index < -0.39 is 0 Å². The van der Waals surface area contributed by atoms with Crippen molar-refractivity contribution in [2.24, 2.45) is 0 Å². The number of fused-ring (bicyclic) bond motifs is 6. The van der Waals surface area contributed by atoms with E-state index in [4.69, 9.17) is 19.4 Å². The van der Waals surface area contributed by atoms with Crippen LogP contribution in [-0.2, 0) is 0 Å². The van der Waals surface area contributed by atoms with Gasteiger partial charge in [0.25, 0.3) is 0 Å². The molecule has 63 heavy (non-hydrogen) atoms. The van der Waals surface area contributed by atoms with E-state index in [1.54, 1.807) is 0 Å². The van der Waals surface area contributed by atoms with E-state index in [-0.39, 0.29) is 0 Å². The lowest BCUT2D eigenvalue weighted by Crippen LogP contribution is -2.10. The summed E-state index contributed by atoms with van der Waals surface area (Å²) in [6.07, 6.45) is 0. The van der Waals surface area contributed by atoms with Gasteiger partial charge in [-0.15, -0.1) is 11.3 Å². The number of aromatic nitrogens is 3. The Balaban J connectivity index is 0.928. The molecule has 0 amide bonds. The second kappa shape index (κ2) is 15.4. The fourth-order valence-electron chi connectivity index (χ4n) is 8.73. The van der Waals surface area contributed by atoms with Crippen LogP contribution < -0.4 is 4.90 Å². The van der Waals surface area contributed by atoms with Gasteiger partial charge in [0.1, 0.15) is 11.2 Å². The number of thiophene rings is 1. The second-order valence-electron chi connectivity index (χ2n) is 15.6. The predicted octanol–water partition coefficient (Wildman–Crippen LogP) is 15.9. The molecule has 3 heterocycles. The third-order valence-corrected chi connectivity index (χ3v) is 12.9. The summed E-state index contributed by atoms with van der Waals surface area (Å²) in [7, 11) is 0. The Hall–Kier alpha value is -8.19. The van der Waals surface area contributed by atoms with Crippen LogP contribution in [0, 0.1) is 0 Å². The zero-order chi connectivity index (χ0) is 41.7. The van der Waals surface area contributed by atoms with Gasteiger partial charge in [0, 0.05) is 59.0 Å². The smallest absolute Gasteiger partial charge is 0.164 e. The lowest BCUT2D eigenvalue weighted by atomic mass is 10.0. The number of anilines is 3. The van der Waals surface area contributed by atoms with Crippen molar-refractivity contribution in [3.8, 4) is 56.4 Å². The van der Waals surface area contributed by atoms with E-state index in [0.717, 1.165) is 77.9 Å². The van der Waals surface area contributed by atoms with Crippen LogP contribution in [0.1, 0.15) is 0 Å². The third-order valence-electron chi connectivity index (χ3n) is 11.8. The van der Waals surface area contributed by atoms with Crippen molar-refractivity contribution in [1.29, 1.82) is 0 Å². The largest absolute Gasteiger partial charge is 0.456 e. The van der Waals surface area contributed by atoms with Crippen LogP contribution >= 0.6 is 11.3 Å². The Morgan fingerprint density at radius 2 is 0.889 bits per heavy atom. The van der Waals surface area contributed by atoms with Crippen molar-refractivity contribution in [2.75, 3.05) is 4.90 Å². The van der Waals surface area contributed by atoms with Crippen molar-refractivity contribution in [3.05, 3.63) is 218 Å². The molecule has 0 bridgehead atoms. The molecule has 0 aliphatic heterocycles. The number of hydrogen-bond acceptors (Lipinski definition) is 6. The maximum absolute atomic E-state index is 6.63. The highest BCUT2D eigenvalue weighted by molar-refractivity contribution is 7.26. The molecule has 6 heteroatoms. The first-order valence-corrected chi connectivity index (χ1v) is 21.8. The summed E-state index contributed by atoms with van der Waals surface area (Å²) < 4.78 is 9.19. The predicted molar refractivity (Wildman–Crippen MR) is 262 cm³/mol. The van der Waals surface area contributed by atoms with E-state index in [0.29, 0.717) is 17.5 Å². The highest BCUT2D eigenvalue weighted by atomic mass is 32.1. The number of nitrogens with zero attached hydrogens (tertiary/aromatic N) is 4. The fraction of sp³-hybridized carbons (Fsp3) is 0. The first-order chi connectivity index (χ1) is 31.2. The zero-order valence-corrected chi connectivity index (χ0v) is 34.7. The molecule has 5 nitrogen and oxygen atoms in total. The van der Waals surface area contributed by atoms with Gasteiger partial charge in [0.05, 0.1) is 5.69 Å². The minimum absolute atomic E-state index is 0.591. The molecule has 12 aromatic rings. The fourth-order valence-corrected chi connectivity index (χ4v) is 9.85. The van der Waals surface area contributed by atoms with Crippen molar-refractivity contribution < 1.29 is 4.42 Å². The molecule has 0 aliphatic carbocycles. The Bertz CT molecular complexity index is 3600. The van der Waals surface area contributed by atoms with E-state index in [2.05, 4.69) is 175 Å². The number of rotatable bonds is 8. The molecule has 0 radical (unpaired) electrons. The van der Waals surface area contributed by atoms with Crippen LogP contribution in [-0.4, -0.2) is 15.0 Å². The zero-order valence-electron chi connectivity index (χ0n) is 33.9. The Kier molecular flexibility index (Phi) is 8.94. The lowest BCUT2D eigenvalue weighted by Gasteiger charge is -2.26. The molecule has 0 spiro atoms. The quantitative estimate of drug-likeness (QED) is 0.153. The SMILES string of the molecule is c1ccc(-c2ccc(-c3nc(-c4ccccc4)nc(-c4cccc5oc6cc(-c7ccc(N(c8ccccc8)c8cccc9sc%10ccccc%10c89)cc7)ccc6c45)n3)cc2)cc1. The van der Waals surface area contributed by atoms with E-state index in [1.165, 1.54) is 20.2 Å². The Morgan fingerprint density at radius 3 is 1.65 bits per heavy atom. The number of hydrogen-bond donors (Lipinski definition) is 0. The summed E-state index contributed by atoms with van der Waals surface area (Å²) >= 11 is 1.84. The van der Waals surface area contributed by atoms with Crippen LogP contribution in [0.15, 0.2) is 223 Å². The summed E-state index contributed by atoms with van der Waals surface area (Å²) in [5.74, 6) is 1.82. The van der Waals surface area contributed by atoms with Crippen LogP contribution in [0.3, 0.4) is 0 Å². The molecule has 0 N–H and O–H groups in total. The van der Waals surface area contributed by atoms with Crippen LogP contribution in [0.2, 0.25) is 0 Å². The topological polar surface area (TPSA) is 55.1 Å². The minimum Gasteiger partial charge on any atom is -0.456 e. The summed E-state index contributed by atoms with van der Waals surface area (Å²) in [6.45, 7) is 0. The monoisotopic (exact) mass is 824 g/mol. The lowest BCUT2D eigenvalue weighted by molar-refractivity contribution is 0.669. The molecule has 9 aromatic carbocycles. The summed E-state index contributed by atoms with van der Waals surface area (Å²) in [5.41, 5.74) is 12.1. The molecule has 0 fully saturated rings. The van der Waals surface area contributed by atoms with Gasteiger partial charge >= 0.3 is 0 Å². The first-order valence-electron chi connectivity index (χ1n) is 21.0. The van der Waals surface area contributed by atoms with Crippen molar-refractivity contribution in [1.82, 2.24) is 15.0 Å². The highest BCUT2D eigenvalue weighted by Gasteiger charge is 2.20. The van der Waals surface area contributed by atoms with Crippen LogP contribution in [0.5, 0.6) is 0 Å². The molecule has 0 saturated carbocycles. The molecular weight excluding hydrogens is 789 g/mol. The minimum atomic E-state index is 0.591. The summed E-state index contributed by atoms with van der Waals surface area (Å²) in [5, 5.41) is 4.51. The molecule has 0 atom stereocenters. The van der Waals surface area contributed by atoms with Crippen molar-refractivity contribution in [2.45, 2.75) is 0 Å². The van der Waals surface area contributed by atoms with E-state index in [9.17, 15) is 0 Å². The van der Waals surface area contributed by atoms with Gasteiger partial charge in [-0.2, -0.15) is 0 Å². The Labute approximate surface area is 367 Å². The average molecular weight is 825 g/mol. The molecule has 296 valence electrons. The van der Waals surface area contributed by atoms with Gasteiger partial charge in [0.2, 0.25) is 0 Å². The average Bonchev–Trinajstić information content (AvgIpc) is 3.94. The molecule has 0 aliphatic rings. The molecule has 3 aromatic heterocycles. The van der Waals surface area contributed by atoms with Crippen molar-refractivity contribution in [3.63, 3.8) is 0 Å². The molecular formula is C57H36N4OS. The van der Waals surface area contributed by atoms with Gasteiger partial charge in [0.15, 0.2) is 17.5 Å². The normalized spacial score (nSPS) is 11.5. The maximum Gasteiger partial charge on any atom is 0.164 e. The van der Waals surface area contributed by atoms with Crippen LogP contribution in [0.25, 0.3) is 98.5 Å². The Morgan fingerprint density at radius 1 is 0.349 bits per heavy atom. The number of furan rings is 1. The second-order valence-corrected chi connectivity index (χ2v) is 16.7. The van der Waals surface area contributed by atoms with Crippen molar-refractivity contribution >= 4 is 70.5 Å². The highest BCUT2D eigenvalue weighted by Crippen LogP contribution is 2.45.